The molecule has 74 valence electrons. The lowest BCUT2D eigenvalue weighted by Gasteiger charge is -2.37. The largest absolute Gasteiger partial charge is 0.544 e. The van der Waals surface area contributed by atoms with E-state index in [0.717, 1.165) is 18.9 Å². The number of piperidine rings is 1. The minimum Gasteiger partial charge on any atom is -0.544 e. The van der Waals surface area contributed by atoms with E-state index in [9.17, 15) is 9.90 Å². The van der Waals surface area contributed by atoms with Gasteiger partial charge in [0.25, 0.3) is 0 Å². The highest BCUT2D eigenvalue weighted by Crippen LogP contribution is 2.33. The van der Waals surface area contributed by atoms with Gasteiger partial charge < -0.3 is 15.2 Å². The van der Waals surface area contributed by atoms with Crippen molar-refractivity contribution in [1.82, 2.24) is 0 Å². The highest BCUT2D eigenvalue weighted by atomic mass is 16.4. The first-order valence-corrected chi connectivity index (χ1v) is 5.31. The summed E-state index contributed by atoms with van der Waals surface area (Å²) in [6.45, 7) is 1.00. The maximum absolute atomic E-state index is 10.7. The molecule has 0 amide bonds. The maximum atomic E-state index is 10.7. The summed E-state index contributed by atoms with van der Waals surface area (Å²) in [4.78, 5) is 10.7. The van der Waals surface area contributed by atoms with Gasteiger partial charge in [0.2, 0.25) is 0 Å². The number of carboxylic acid groups (broad SMARTS) is 1. The molecule has 0 aromatic rings. The van der Waals surface area contributed by atoms with Crippen LogP contribution in [0.5, 0.6) is 0 Å². The molecule has 1 aliphatic heterocycles. The number of nitrogens with two attached hydrogens (primary N) is 1. The summed E-state index contributed by atoms with van der Waals surface area (Å²) in [5, 5.41) is 12.6. The summed E-state index contributed by atoms with van der Waals surface area (Å²) in [5.41, 5.74) is 0. The molecule has 0 spiro atoms. The molecule has 13 heavy (non-hydrogen) atoms. The molecule has 0 aromatic heterocycles. The Bertz CT molecular complexity index is 205. The second kappa shape index (κ2) is 3.66. The second-order valence-corrected chi connectivity index (χ2v) is 4.44. The molecule has 2 rings (SSSR count). The summed E-state index contributed by atoms with van der Waals surface area (Å²) < 4.78 is 0. The van der Waals surface area contributed by atoms with Crippen LogP contribution in [-0.4, -0.2) is 18.6 Å². The normalized spacial score (nSPS) is 39.5. The van der Waals surface area contributed by atoms with Gasteiger partial charge in [-0.15, -0.1) is 0 Å². The summed E-state index contributed by atoms with van der Waals surface area (Å²) in [5.74, 6) is 0.579. The van der Waals surface area contributed by atoms with Gasteiger partial charge in [0.1, 0.15) is 6.04 Å². The summed E-state index contributed by atoms with van der Waals surface area (Å²) >= 11 is 0. The third-order valence-electron chi connectivity index (χ3n) is 3.65. The predicted octanol–water partition coefficient (Wildman–Crippen LogP) is -1.12. The highest BCUT2D eigenvalue weighted by molar-refractivity contribution is 5.69. The average Bonchev–Trinajstić information content (AvgIpc) is 2.17. The fourth-order valence-corrected chi connectivity index (χ4v) is 2.86. The molecule has 1 aliphatic carbocycles. The molecule has 3 nitrogen and oxygen atoms in total. The molecule has 0 aromatic carbocycles. The molecule has 2 N–H and O–H groups in total. The molecular weight excluding hydrogens is 166 g/mol. The Kier molecular flexibility index (Phi) is 2.54. The number of carbonyl (C=O) groups excluding carboxylic acids is 1. The number of carbonyl (C=O) groups is 1. The van der Waals surface area contributed by atoms with Crippen LogP contribution in [0.25, 0.3) is 0 Å². The van der Waals surface area contributed by atoms with E-state index in [1.165, 1.54) is 25.7 Å². The van der Waals surface area contributed by atoms with Gasteiger partial charge in [0.15, 0.2) is 0 Å². The molecule has 2 fully saturated rings. The zero-order chi connectivity index (χ0) is 9.26. The minimum atomic E-state index is -0.871. The first-order valence-electron chi connectivity index (χ1n) is 5.31. The van der Waals surface area contributed by atoms with Crippen LogP contribution in [0.3, 0.4) is 0 Å². The van der Waals surface area contributed by atoms with E-state index >= 15 is 0 Å². The monoisotopic (exact) mass is 183 g/mol. The number of fused-ring (bicyclic) bond motifs is 1. The van der Waals surface area contributed by atoms with Crippen LogP contribution in [-0.2, 0) is 4.79 Å². The number of aliphatic carboxylic acids is 1. The summed E-state index contributed by atoms with van der Waals surface area (Å²) in [7, 11) is 0. The number of rotatable bonds is 1. The SMILES string of the molecule is O=C([O-])[C@@H]1C[C@@H]2CCCC[C@H]2C[NH2+]1. The fourth-order valence-electron chi connectivity index (χ4n) is 2.86. The Hall–Kier alpha value is -0.570. The number of quaternary nitrogens is 1. The van der Waals surface area contributed by atoms with Gasteiger partial charge >= 0.3 is 0 Å². The average molecular weight is 183 g/mol. The van der Waals surface area contributed by atoms with Crippen molar-refractivity contribution in [1.29, 1.82) is 0 Å². The van der Waals surface area contributed by atoms with Crippen molar-refractivity contribution in [2.75, 3.05) is 6.54 Å². The Morgan fingerprint density at radius 3 is 2.62 bits per heavy atom. The van der Waals surface area contributed by atoms with Crippen molar-refractivity contribution < 1.29 is 15.2 Å². The van der Waals surface area contributed by atoms with Crippen molar-refractivity contribution in [2.24, 2.45) is 11.8 Å². The van der Waals surface area contributed by atoms with Gasteiger partial charge in [-0.2, -0.15) is 0 Å². The minimum absolute atomic E-state index is 0.264. The van der Waals surface area contributed by atoms with E-state index in [1.807, 2.05) is 5.32 Å². The molecule has 3 atom stereocenters. The molecule has 0 unspecified atom stereocenters. The van der Waals surface area contributed by atoms with Crippen LogP contribution in [0, 0.1) is 11.8 Å². The van der Waals surface area contributed by atoms with E-state index < -0.39 is 5.97 Å². The Morgan fingerprint density at radius 2 is 1.92 bits per heavy atom. The molecule has 0 radical (unpaired) electrons. The van der Waals surface area contributed by atoms with Crippen LogP contribution in [0.15, 0.2) is 0 Å². The number of hydrogen-bond donors (Lipinski definition) is 1. The van der Waals surface area contributed by atoms with Crippen molar-refractivity contribution in [3.05, 3.63) is 0 Å². The first kappa shape index (κ1) is 9.00. The Morgan fingerprint density at radius 1 is 1.23 bits per heavy atom. The fraction of sp³-hybridized carbons (Fsp3) is 0.900. The molecule has 2 aliphatic rings. The van der Waals surface area contributed by atoms with E-state index in [0.29, 0.717) is 5.92 Å². The van der Waals surface area contributed by atoms with Crippen molar-refractivity contribution in [2.45, 2.75) is 38.1 Å². The van der Waals surface area contributed by atoms with Gasteiger partial charge in [-0.05, 0) is 18.8 Å². The first-order chi connectivity index (χ1) is 6.27. The van der Waals surface area contributed by atoms with Crippen LogP contribution in [0.2, 0.25) is 0 Å². The van der Waals surface area contributed by atoms with Gasteiger partial charge in [-0.25, -0.2) is 0 Å². The molecule has 1 heterocycles. The van der Waals surface area contributed by atoms with Gasteiger partial charge in [-0.1, -0.05) is 12.8 Å². The van der Waals surface area contributed by atoms with Crippen LogP contribution < -0.4 is 10.4 Å². The van der Waals surface area contributed by atoms with Crippen LogP contribution in [0.4, 0.5) is 0 Å². The molecule has 3 heteroatoms. The van der Waals surface area contributed by atoms with E-state index in [-0.39, 0.29) is 6.04 Å². The summed E-state index contributed by atoms with van der Waals surface area (Å²) in [6.07, 6.45) is 6.02. The van der Waals surface area contributed by atoms with Crippen LogP contribution in [0.1, 0.15) is 32.1 Å². The van der Waals surface area contributed by atoms with Crippen molar-refractivity contribution in [3.8, 4) is 0 Å². The van der Waals surface area contributed by atoms with Gasteiger partial charge in [0.05, 0.1) is 12.5 Å². The third-order valence-corrected chi connectivity index (χ3v) is 3.65. The third kappa shape index (κ3) is 1.85. The van der Waals surface area contributed by atoms with Crippen LogP contribution >= 0.6 is 0 Å². The second-order valence-electron chi connectivity index (χ2n) is 4.44. The Labute approximate surface area is 78.5 Å². The highest BCUT2D eigenvalue weighted by Gasteiger charge is 2.34. The number of carboxylic acids is 1. The van der Waals surface area contributed by atoms with Gasteiger partial charge in [-0.3, -0.25) is 0 Å². The predicted molar refractivity (Wildman–Crippen MR) is 45.7 cm³/mol. The van der Waals surface area contributed by atoms with Crippen molar-refractivity contribution >= 4 is 5.97 Å². The molecule has 0 bridgehead atoms. The lowest BCUT2D eigenvalue weighted by atomic mass is 9.74. The topological polar surface area (TPSA) is 56.7 Å². The zero-order valence-electron chi connectivity index (χ0n) is 7.87. The quantitative estimate of drug-likeness (QED) is 0.560. The zero-order valence-corrected chi connectivity index (χ0v) is 7.87. The van der Waals surface area contributed by atoms with Crippen molar-refractivity contribution in [3.63, 3.8) is 0 Å². The molecule has 1 saturated heterocycles. The van der Waals surface area contributed by atoms with E-state index in [2.05, 4.69) is 0 Å². The lowest BCUT2D eigenvalue weighted by molar-refractivity contribution is -0.700. The standard InChI is InChI=1S/C10H17NO2/c12-10(13)9-5-7-3-1-2-4-8(7)6-11-9/h7-9,11H,1-6H2,(H,12,13)/t7-,8-,9-/m0/s1. The maximum Gasteiger partial charge on any atom is 0.126 e. The number of hydrogen-bond acceptors (Lipinski definition) is 2. The molecular formula is C10H17NO2. The summed E-state index contributed by atoms with van der Waals surface area (Å²) in [6, 6.07) is -0.264. The Balaban J connectivity index is 1.95. The van der Waals surface area contributed by atoms with E-state index in [4.69, 9.17) is 0 Å². The van der Waals surface area contributed by atoms with E-state index in [1.54, 1.807) is 0 Å². The lowest BCUT2D eigenvalue weighted by Crippen LogP contribution is -2.96. The molecule has 1 saturated carbocycles. The van der Waals surface area contributed by atoms with Gasteiger partial charge in [0, 0.05) is 12.3 Å². The smallest absolute Gasteiger partial charge is 0.126 e.